The SMILES string of the molecule is CN(C)CCS(=O)CC(=O)C1(c2ccc(Cl)c(Cl)c2)CCC1. The van der Waals surface area contributed by atoms with E-state index in [0.717, 1.165) is 31.4 Å². The second-order valence-electron chi connectivity index (χ2n) is 6.08. The molecule has 2 rings (SSSR count). The van der Waals surface area contributed by atoms with Crippen LogP contribution in [0.4, 0.5) is 0 Å². The van der Waals surface area contributed by atoms with Gasteiger partial charge in [-0.25, -0.2) is 0 Å². The second-order valence-corrected chi connectivity index (χ2v) is 8.47. The molecule has 0 aliphatic heterocycles. The summed E-state index contributed by atoms with van der Waals surface area (Å²) in [7, 11) is 2.75. The van der Waals surface area contributed by atoms with Gasteiger partial charge in [0, 0.05) is 23.1 Å². The Morgan fingerprint density at radius 2 is 1.95 bits per heavy atom. The standard InChI is InChI=1S/C16H21Cl2NO2S/c1-19(2)8-9-22(21)11-15(20)16(6-3-7-16)12-4-5-13(17)14(18)10-12/h4-5,10H,3,6-9,11H2,1-2H3. The monoisotopic (exact) mass is 361 g/mol. The Kier molecular flexibility index (Phi) is 6.06. The van der Waals surface area contributed by atoms with Crippen LogP contribution < -0.4 is 0 Å². The average Bonchev–Trinajstić information content (AvgIpc) is 2.39. The minimum absolute atomic E-state index is 0.0641. The summed E-state index contributed by atoms with van der Waals surface area (Å²) in [5.74, 6) is 0.707. The fraction of sp³-hybridized carbons (Fsp3) is 0.562. The molecular weight excluding hydrogens is 341 g/mol. The van der Waals surface area contributed by atoms with E-state index in [4.69, 9.17) is 23.2 Å². The van der Waals surface area contributed by atoms with E-state index in [2.05, 4.69) is 0 Å². The van der Waals surface area contributed by atoms with Crippen LogP contribution in [0.2, 0.25) is 10.0 Å². The van der Waals surface area contributed by atoms with Crippen LogP contribution in [-0.4, -0.2) is 47.0 Å². The Morgan fingerprint density at radius 3 is 2.45 bits per heavy atom. The van der Waals surface area contributed by atoms with Crippen molar-refractivity contribution in [2.45, 2.75) is 24.7 Å². The highest BCUT2D eigenvalue weighted by atomic mass is 35.5. The molecule has 3 nitrogen and oxygen atoms in total. The molecule has 0 N–H and O–H groups in total. The molecule has 1 aromatic carbocycles. The number of rotatable bonds is 7. The van der Waals surface area contributed by atoms with Crippen molar-refractivity contribution in [2.24, 2.45) is 0 Å². The van der Waals surface area contributed by atoms with Gasteiger partial charge in [0.05, 0.1) is 21.2 Å². The van der Waals surface area contributed by atoms with E-state index in [0.29, 0.717) is 15.8 Å². The van der Waals surface area contributed by atoms with Crippen LogP contribution in [0, 0.1) is 0 Å². The van der Waals surface area contributed by atoms with Crippen LogP contribution in [0.5, 0.6) is 0 Å². The third kappa shape index (κ3) is 3.91. The van der Waals surface area contributed by atoms with Crippen molar-refractivity contribution in [3.05, 3.63) is 33.8 Å². The minimum atomic E-state index is -1.12. The zero-order valence-electron chi connectivity index (χ0n) is 12.9. The fourth-order valence-corrected chi connectivity index (χ4v) is 4.27. The first-order valence-electron chi connectivity index (χ1n) is 7.34. The topological polar surface area (TPSA) is 37.4 Å². The van der Waals surface area contributed by atoms with E-state index >= 15 is 0 Å². The van der Waals surface area contributed by atoms with E-state index in [9.17, 15) is 9.00 Å². The number of Topliss-reactive ketones (excluding diaryl/α,β-unsaturated/α-hetero) is 1. The molecule has 0 spiro atoms. The Hall–Kier alpha value is -0.420. The number of hydrogen-bond acceptors (Lipinski definition) is 3. The highest BCUT2D eigenvalue weighted by Gasteiger charge is 2.45. The molecular formula is C16H21Cl2NO2S. The van der Waals surface area contributed by atoms with Crippen molar-refractivity contribution >= 4 is 39.8 Å². The molecule has 1 fully saturated rings. The van der Waals surface area contributed by atoms with Crippen molar-refractivity contribution in [1.82, 2.24) is 4.90 Å². The number of nitrogens with zero attached hydrogens (tertiary/aromatic N) is 1. The van der Waals surface area contributed by atoms with Gasteiger partial charge in [0.1, 0.15) is 0 Å². The largest absolute Gasteiger partial charge is 0.308 e. The Balaban J connectivity index is 2.11. The van der Waals surface area contributed by atoms with E-state index < -0.39 is 16.2 Å². The predicted molar refractivity (Wildman–Crippen MR) is 93.4 cm³/mol. The maximum atomic E-state index is 12.7. The van der Waals surface area contributed by atoms with Gasteiger partial charge in [-0.1, -0.05) is 35.7 Å². The Bertz CT molecular complexity index is 586. The van der Waals surface area contributed by atoms with Gasteiger partial charge in [-0.15, -0.1) is 0 Å². The summed E-state index contributed by atoms with van der Waals surface area (Å²) in [6.07, 6.45) is 2.61. The molecule has 0 aromatic heterocycles. The molecule has 1 unspecified atom stereocenters. The average molecular weight is 362 g/mol. The van der Waals surface area contributed by atoms with Gasteiger partial charge in [0.15, 0.2) is 5.78 Å². The smallest absolute Gasteiger partial charge is 0.155 e. The third-order valence-corrected chi connectivity index (χ3v) is 6.23. The first-order chi connectivity index (χ1) is 10.3. The van der Waals surface area contributed by atoms with Crippen molar-refractivity contribution in [1.29, 1.82) is 0 Å². The van der Waals surface area contributed by atoms with Crippen LogP contribution in [0.15, 0.2) is 18.2 Å². The van der Waals surface area contributed by atoms with Gasteiger partial charge in [0.25, 0.3) is 0 Å². The zero-order valence-corrected chi connectivity index (χ0v) is 15.2. The van der Waals surface area contributed by atoms with Crippen molar-refractivity contribution in [2.75, 3.05) is 32.1 Å². The fourth-order valence-electron chi connectivity index (χ4n) is 2.69. The Morgan fingerprint density at radius 1 is 1.27 bits per heavy atom. The van der Waals surface area contributed by atoms with E-state index in [1.807, 2.05) is 25.1 Å². The first-order valence-corrected chi connectivity index (χ1v) is 9.58. The Labute approximate surface area is 144 Å². The van der Waals surface area contributed by atoms with Crippen LogP contribution >= 0.6 is 23.2 Å². The van der Waals surface area contributed by atoms with Gasteiger partial charge < -0.3 is 4.90 Å². The molecule has 1 aliphatic rings. The highest BCUT2D eigenvalue weighted by molar-refractivity contribution is 7.85. The molecule has 1 saturated carbocycles. The number of benzene rings is 1. The summed E-state index contributed by atoms with van der Waals surface area (Å²) in [6.45, 7) is 0.722. The number of ketones is 1. The van der Waals surface area contributed by atoms with Gasteiger partial charge in [-0.05, 0) is 44.6 Å². The van der Waals surface area contributed by atoms with Crippen LogP contribution in [-0.2, 0) is 21.0 Å². The molecule has 0 amide bonds. The lowest BCUT2D eigenvalue weighted by atomic mass is 9.62. The molecule has 6 heteroatoms. The molecule has 0 radical (unpaired) electrons. The van der Waals surface area contributed by atoms with Crippen molar-refractivity contribution in [3.8, 4) is 0 Å². The molecule has 122 valence electrons. The molecule has 0 saturated heterocycles. The lowest BCUT2D eigenvalue weighted by molar-refractivity contribution is -0.125. The predicted octanol–water partition coefficient (Wildman–Crippen LogP) is 3.29. The molecule has 0 heterocycles. The van der Waals surface area contributed by atoms with Gasteiger partial charge in [0.2, 0.25) is 0 Å². The van der Waals surface area contributed by atoms with Crippen molar-refractivity contribution in [3.63, 3.8) is 0 Å². The number of hydrogen-bond donors (Lipinski definition) is 0. The molecule has 0 bridgehead atoms. The van der Waals surface area contributed by atoms with Crippen LogP contribution in [0.25, 0.3) is 0 Å². The second kappa shape index (κ2) is 7.43. The first kappa shape index (κ1) is 17.9. The summed E-state index contributed by atoms with van der Waals surface area (Å²) >= 11 is 12.0. The zero-order chi connectivity index (χ0) is 16.3. The number of carbonyl (C=O) groups is 1. The minimum Gasteiger partial charge on any atom is -0.308 e. The molecule has 1 aliphatic carbocycles. The van der Waals surface area contributed by atoms with E-state index in [1.165, 1.54) is 0 Å². The van der Waals surface area contributed by atoms with Gasteiger partial charge >= 0.3 is 0 Å². The number of halogens is 2. The third-order valence-electron chi connectivity index (χ3n) is 4.27. The van der Waals surface area contributed by atoms with E-state index in [1.54, 1.807) is 12.1 Å². The van der Waals surface area contributed by atoms with Gasteiger partial charge in [-0.3, -0.25) is 9.00 Å². The molecule has 1 atom stereocenters. The summed E-state index contributed by atoms with van der Waals surface area (Å²) in [6, 6.07) is 5.38. The maximum absolute atomic E-state index is 12.7. The van der Waals surface area contributed by atoms with Crippen LogP contribution in [0.3, 0.4) is 0 Å². The lowest BCUT2D eigenvalue weighted by Gasteiger charge is -2.41. The molecule has 1 aromatic rings. The number of carbonyl (C=O) groups excluding carboxylic acids is 1. The van der Waals surface area contributed by atoms with Crippen molar-refractivity contribution < 1.29 is 9.00 Å². The summed E-state index contributed by atoms with van der Waals surface area (Å²) < 4.78 is 12.1. The maximum Gasteiger partial charge on any atom is 0.155 e. The lowest BCUT2D eigenvalue weighted by Crippen LogP contribution is -2.45. The van der Waals surface area contributed by atoms with E-state index in [-0.39, 0.29) is 11.5 Å². The summed E-state index contributed by atoms with van der Waals surface area (Å²) in [4.78, 5) is 14.7. The molecule has 22 heavy (non-hydrogen) atoms. The summed E-state index contributed by atoms with van der Waals surface area (Å²) in [5, 5.41) is 0.953. The quantitative estimate of drug-likeness (QED) is 0.747. The summed E-state index contributed by atoms with van der Waals surface area (Å²) in [5.41, 5.74) is 0.393. The normalized spacial score (nSPS) is 18.0. The highest BCUT2D eigenvalue weighted by Crippen LogP contribution is 2.45. The van der Waals surface area contributed by atoms with Gasteiger partial charge in [-0.2, -0.15) is 0 Å². The van der Waals surface area contributed by atoms with Crippen LogP contribution in [0.1, 0.15) is 24.8 Å².